The Morgan fingerprint density at radius 3 is 2.82 bits per heavy atom. The zero-order valence-electron chi connectivity index (χ0n) is 18.0. The minimum atomic E-state index is -0.798. The number of aryl methyl sites for hydroxylation is 1. The Morgan fingerprint density at radius 1 is 1.24 bits per heavy atom. The van der Waals surface area contributed by atoms with E-state index in [1.165, 1.54) is 12.0 Å². The quantitative estimate of drug-likeness (QED) is 0.387. The summed E-state index contributed by atoms with van der Waals surface area (Å²) in [5.41, 5.74) is 2.90. The van der Waals surface area contributed by atoms with Crippen molar-refractivity contribution in [3.8, 4) is 0 Å². The molecule has 0 radical (unpaired) electrons. The number of benzene rings is 2. The number of ketones is 1. The zero-order valence-corrected chi connectivity index (χ0v) is 18.8. The van der Waals surface area contributed by atoms with Crippen molar-refractivity contribution in [1.82, 2.24) is 9.88 Å². The maximum absolute atomic E-state index is 13.7. The molecule has 1 amide bonds. The van der Waals surface area contributed by atoms with Crippen molar-refractivity contribution in [3.05, 3.63) is 81.9 Å². The maximum Gasteiger partial charge on any atom is 0.290 e. The number of rotatable bonds is 6. The van der Waals surface area contributed by atoms with Crippen molar-refractivity contribution in [2.75, 3.05) is 20.3 Å². The monoisotopic (exact) mass is 464 g/mol. The number of furan rings is 1. The molecule has 1 atom stereocenters. The molecule has 0 saturated carbocycles. The van der Waals surface area contributed by atoms with Crippen LogP contribution in [0.15, 0.2) is 64.3 Å². The predicted molar refractivity (Wildman–Crippen MR) is 125 cm³/mol. The third-order valence-electron chi connectivity index (χ3n) is 6.00. The fourth-order valence-electron chi connectivity index (χ4n) is 4.52. The number of ether oxygens (including phenoxy) is 1. The minimum absolute atomic E-state index is 0.0193. The number of halogens is 1. The van der Waals surface area contributed by atoms with Crippen LogP contribution >= 0.6 is 11.6 Å². The van der Waals surface area contributed by atoms with Gasteiger partial charge in [-0.05, 0) is 37.3 Å². The third kappa shape index (κ3) is 3.41. The van der Waals surface area contributed by atoms with Gasteiger partial charge in [-0.1, -0.05) is 29.8 Å². The second-order valence-corrected chi connectivity index (χ2v) is 8.42. The highest BCUT2D eigenvalue weighted by molar-refractivity contribution is 6.31. The second-order valence-electron chi connectivity index (χ2n) is 7.99. The molecular weight excluding hydrogens is 444 g/mol. The number of nitrogens with zero attached hydrogens (tertiary/aromatic N) is 1. The predicted octanol–water partition coefficient (Wildman–Crippen LogP) is 5.10. The lowest BCUT2D eigenvalue weighted by Crippen LogP contribution is -2.34. The van der Waals surface area contributed by atoms with Crippen LogP contribution in [0.3, 0.4) is 0 Å². The van der Waals surface area contributed by atoms with Gasteiger partial charge in [0.1, 0.15) is 5.58 Å². The highest BCUT2D eigenvalue weighted by atomic mass is 35.5. The first-order valence-electron chi connectivity index (χ1n) is 10.4. The Kier molecular flexibility index (Phi) is 5.23. The van der Waals surface area contributed by atoms with E-state index in [0.717, 1.165) is 22.2 Å². The van der Waals surface area contributed by atoms with Crippen LogP contribution in [0.2, 0.25) is 5.02 Å². The maximum atomic E-state index is 13.7. The summed E-state index contributed by atoms with van der Waals surface area (Å²) in [6.07, 6.45) is 0. The number of aromatic nitrogens is 1. The number of H-pyrrole nitrogens is 1. The molecule has 168 valence electrons. The summed E-state index contributed by atoms with van der Waals surface area (Å²) < 4.78 is 10.9. The van der Waals surface area contributed by atoms with Gasteiger partial charge in [0.25, 0.3) is 5.91 Å². The van der Waals surface area contributed by atoms with E-state index in [9.17, 15) is 14.7 Å². The molecule has 1 aliphatic heterocycles. The minimum Gasteiger partial charge on any atom is -0.503 e. The Morgan fingerprint density at radius 2 is 2.03 bits per heavy atom. The van der Waals surface area contributed by atoms with E-state index >= 15 is 0 Å². The van der Waals surface area contributed by atoms with E-state index in [1.54, 1.807) is 24.3 Å². The molecule has 2 N–H and O–H groups in total. The highest BCUT2D eigenvalue weighted by Crippen LogP contribution is 2.43. The van der Waals surface area contributed by atoms with Crippen LogP contribution in [0.25, 0.3) is 21.9 Å². The summed E-state index contributed by atoms with van der Waals surface area (Å²) in [6, 6.07) is 13.5. The number of aliphatic hydroxyl groups excluding tert-OH is 1. The average Bonchev–Trinajstić information content (AvgIpc) is 3.43. The Bertz CT molecular complexity index is 1450. The van der Waals surface area contributed by atoms with Crippen LogP contribution in [0.4, 0.5) is 0 Å². The van der Waals surface area contributed by atoms with E-state index in [2.05, 4.69) is 4.98 Å². The molecular formula is C25H21ClN2O5. The number of fused-ring (bicyclic) bond motifs is 2. The van der Waals surface area contributed by atoms with Crippen molar-refractivity contribution >= 4 is 45.2 Å². The standard InChI is InChI=1S/C25H21ClN2O5/c1-13-20(16-5-3-4-6-17(16)27-13)22-21(24(30)25(31)28(22)9-10-32-2)23(29)19-12-14-11-15(26)7-8-18(14)33-19/h3-8,11-12,22,27,30H,9-10H2,1-2H3. The van der Waals surface area contributed by atoms with Crippen molar-refractivity contribution in [2.45, 2.75) is 13.0 Å². The summed E-state index contributed by atoms with van der Waals surface area (Å²) in [7, 11) is 1.53. The molecule has 4 aromatic rings. The molecule has 0 bridgehead atoms. The Hall–Kier alpha value is -3.55. The first kappa shape index (κ1) is 21.3. The number of aromatic amines is 1. The number of methoxy groups -OCH3 is 1. The van der Waals surface area contributed by atoms with Crippen LogP contribution in [0, 0.1) is 6.92 Å². The number of hydrogen-bond acceptors (Lipinski definition) is 5. The van der Waals surface area contributed by atoms with Gasteiger partial charge in [-0.25, -0.2) is 0 Å². The number of amides is 1. The zero-order chi connectivity index (χ0) is 23.3. The molecule has 2 aromatic heterocycles. The number of nitrogens with one attached hydrogen (secondary N) is 1. The molecule has 1 aliphatic rings. The molecule has 3 heterocycles. The molecule has 1 unspecified atom stereocenters. The summed E-state index contributed by atoms with van der Waals surface area (Å²) in [6.45, 7) is 2.34. The summed E-state index contributed by atoms with van der Waals surface area (Å²) in [4.78, 5) is 31.5. The number of Topliss-reactive ketones (excluding diaryl/α,β-unsaturated/α-hetero) is 1. The lowest BCUT2D eigenvalue weighted by atomic mass is 9.93. The smallest absolute Gasteiger partial charge is 0.290 e. The van der Waals surface area contributed by atoms with Crippen LogP contribution in [-0.2, 0) is 9.53 Å². The fraction of sp³-hybridized carbons (Fsp3) is 0.200. The van der Waals surface area contributed by atoms with Crippen molar-refractivity contribution in [2.24, 2.45) is 0 Å². The van der Waals surface area contributed by atoms with Gasteiger partial charge in [-0.3, -0.25) is 9.59 Å². The molecule has 2 aromatic carbocycles. The van der Waals surface area contributed by atoms with Crippen LogP contribution in [0.1, 0.15) is 27.9 Å². The SMILES string of the molecule is COCCN1C(=O)C(O)=C(C(=O)c2cc3cc(Cl)ccc3o2)C1c1c(C)[nH]c2ccccc12. The molecule has 7 nitrogen and oxygen atoms in total. The first-order chi connectivity index (χ1) is 15.9. The van der Waals surface area contributed by atoms with Gasteiger partial charge in [0.2, 0.25) is 5.78 Å². The number of carbonyl (C=O) groups excluding carboxylic acids is 2. The van der Waals surface area contributed by atoms with Gasteiger partial charge in [-0.15, -0.1) is 0 Å². The van der Waals surface area contributed by atoms with Crippen LogP contribution in [0.5, 0.6) is 0 Å². The van der Waals surface area contributed by atoms with E-state index in [4.69, 9.17) is 20.8 Å². The molecule has 0 saturated heterocycles. The third-order valence-corrected chi connectivity index (χ3v) is 6.24. The molecule has 0 aliphatic carbocycles. The number of para-hydroxylation sites is 1. The number of aliphatic hydroxyl groups is 1. The summed E-state index contributed by atoms with van der Waals surface area (Å²) in [5.74, 6) is -1.73. The largest absolute Gasteiger partial charge is 0.503 e. The van der Waals surface area contributed by atoms with Gasteiger partial charge in [0.15, 0.2) is 11.5 Å². The van der Waals surface area contributed by atoms with Crippen molar-refractivity contribution < 1.29 is 23.8 Å². The van der Waals surface area contributed by atoms with E-state index in [-0.39, 0.29) is 24.5 Å². The topological polar surface area (TPSA) is 95.8 Å². The van der Waals surface area contributed by atoms with E-state index < -0.39 is 23.5 Å². The highest BCUT2D eigenvalue weighted by Gasteiger charge is 2.45. The number of carbonyl (C=O) groups is 2. The van der Waals surface area contributed by atoms with Crippen LogP contribution < -0.4 is 0 Å². The normalized spacial score (nSPS) is 16.5. The Balaban J connectivity index is 1.68. The number of hydrogen-bond donors (Lipinski definition) is 2. The Labute approximate surface area is 194 Å². The lowest BCUT2D eigenvalue weighted by molar-refractivity contribution is -0.130. The van der Waals surface area contributed by atoms with Gasteiger partial charge in [0, 0.05) is 46.2 Å². The summed E-state index contributed by atoms with van der Waals surface area (Å²) >= 11 is 6.07. The first-order valence-corrected chi connectivity index (χ1v) is 10.8. The second kappa shape index (κ2) is 8.10. The van der Waals surface area contributed by atoms with Crippen molar-refractivity contribution in [3.63, 3.8) is 0 Å². The van der Waals surface area contributed by atoms with Gasteiger partial charge in [0.05, 0.1) is 18.2 Å². The molecule has 0 fully saturated rings. The van der Waals surface area contributed by atoms with Crippen LogP contribution in [-0.4, -0.2) is 46.9 Å². The lowest BCUT2D eigenvalue weighted by Gasteiger charge is -2.26. The average molecular weight is 465 g/mol. The van der Waals surface area contributed by atoms with Gasteiger partial charge >= 0.3 is 0 Å². The fourth-order valence-corrected chi connectivity index (χ4v) is 4.70. The molecule has 5 rings (SSSR count). The van der Waals surface area contributed by atoms with Crippen molar-refractivity contribution in [1.29, 1.82) is 0 Å². The molecule has 0 spiro atoms. The van der Waals surface area contributed by atoms with Gasteiger partial charge in [-0.2, -0.15) is 0 Å². The van der Waals surface area contributed by atoms with Gasteiger partial charge < -0.3 is 24.1 Å². The van der Waals surface area contributed by atoms with E-state index in [0.29, 0.717) is 16.0 Å². The molecule has 8 heteroatoms. The summed E-state index contributed by atoms with van der Waals surface area (Å²) in [5, 5.41) is 12.9. The van der Waals surface area contributed by atoms with E-state index in [1.807, 2.05) is 31.2 Å². The molecule has 33 heavy (non-hydrogen) atoms.